The van der Waals surface area contributed by atoms with Crippen LogP contribution in [0.5, 0.6) is 0 Å². The summed E-state index contributed by atoms with van der Waals surface area (Å²) in [5.74, 6) is 0.991. The Hall–Kier alpha value is -6.23. The van der Waals surface area contributed by atoms with Gasteiger partial charge in [-0.3, -0.25) is 4.57 Å². The molecule has 4 heteroatoms. The number of rotatable bonds is 3. The minimum Gasteiger partial charge on any atom is -0.306 e. The molecule has 2 aromatic heterocycles. The van der Waals surface area contributed by atoms with Gasteiger partial charge in [0.2, 0.25) is 0 Å². The molecule has 3 nitrogen and oxygen atoms in total. The fourth-order valence-corrected chi connectivity index (χ4v) is 9.51. The van der Waals surface area contributed by atoms with Crippen molar-refractivity contribution in [2.24, 2.45) is 0 Å². The van der Waals surface area contributed by atoms with E-state index in [4.69, 9.17) is 4.98 Å². The minimum atomic E-state index is 0.991. The van der Waals surface area contributed by atoms with Crippen LogP contribution in [0, 0.1) is 6.92 Å². The van der Waals surface area contributed by atoms with E-state index in [2.05, 4.69) is 174 Å². The number of nitrogens with zero attached hydrogens (tertiary/aromatic N) is 3. The number of benzene rings is 8. The monoisotopic (exact) mass is 655 g/mol. The number of para-hydroxylation sites is 2. The molecule has 3 heterocycles. The predicted molar refractivity (Wildman–Crippen MR) is 213 cm³/mol. The Morgan fingerprint density at radius 3 is 1.78 bits per heavy atom. The molecule has 0 fully saturated rings. The molecular weight excluding hydrogens is 627 g/mol. The molecule has 0 N–H and O–H groups in total. The predicted octanol–water partition coefficient (Wildman–Crippen LogP) is 13.1. The molecule has 0 unspecified atom stereocenters. The fraction of sp³-hybridized carbons (Fsp3) is 0.0217. The Morgan fingerprint density at radius 2 is 1.06 bits per heavy atom. The highest BCUT2D eigenvalue weighted by Crippen LogP contribution is 2.50. The maximum atomic E-state index is 4.98. The van der Waals surface area contributed by atoms with E-state index < -0.39 is 0 Å². The maximum Gasteiger partial charge on any atom is 0.111 e. The normalized spacial score (nSPS) is 12.5. The summed E-state index contributed by atoms with van der Waals surface area (Å²) in [5, 5.41) is 7.68. The van der Waals surface area contributed by atoms with Gasteiger partial charge < -0.3 is 4.90 Å². The molecule has 0 bridgehead atoms. The van der Waals surface area contributed by atoms with Crippen molar-refractivity contribution in [2.45, 2.75) is 6.92 Å². The lowest BCUT2D eigenvalue weighted by Gasteiger charge is -2.33. The van der Waals surface area contributed by atoms with Crippen LogP contribution in [0.1, 0.15) is 5.82 Å². The van der Waals surface area contributed by atoms with Crippen molar-refractivity contribution in [3.63, 3.8) is 0 Å². The summed E-state index contributed by atoms with van der Waals surface area (Å²) < 4.78 is 4.98. The van der Waals surface area contributed by atoms with Gasteiger partial charge in [-0.25, -0.2) is 4.98 Å². The smallest absolute Gasteiger partial charge is 0.111 e. The summed E-state index contributed by atoms with van der Waals surface area (Å²) in [6, 6.07) is 57.8. The highest BCUT2D eigenvalue weighted by molar-refractivity contribution is 7.25. The van der Waals surface area contributed by atoms with Crippen LogP contribution in [0.25, 0.3) is 80.7 Å². The van der Waals surface area contributed by atoms with Crippen molar-refractivity contribution >= 4 is 81.1 Å². The highest BCUT2D eigenvalue weighted by atomic mass is 32.1. The summed E-state index contributed by atoms with van der Waals surface area (Å²) >= 11 is 1.88. The highest BCUT2D eigenvalue weighted by Gasteiger charge is 2.29. The third-order valence-corrected chi connectivity index (χ3v) is 11.6. The average Bonchev–Trinajstić information content (AvgIpc) is 3.71. The van der Waals surface area contributed by atoms with Gasteiger partial charge in [-0.1, -0.05) is 109 Å². The van der Waals surface area contributed by atoms with Crippen molar-refractivity contribution in [2.75, 3.05) is 4.90 Å². The van der Waals surface area contributed by atoms with Gasteiger partial charge in [0, 0.05) is 25.9 Å². The topological polar surface area (TPSA) is 21.1 Å². The Kier molecular flexibility index (Phi) is 5.75. The van der Waals surface area contributed by atoms with Crippen LogP contribution < -0.4 is 4.90 Å². The number of imidazole rings is 1. The molecule has 234 valence electrons. The number of aryl methyl sites for hydroxylation is 1. The molecule has 0 spiro atoms. The minimum absolute atomic E-state index is 0.991. The third-order valence-electron chi connectivity index (χ3n) is 10.4. The van der Waals surface area contributed by atoms with Crippen molar-refractivity contribution in [1.29, 1.82) is 0 Å². The van der Waals surface area contributed by atoms with Crippen LogP contribution in [-0.4, -0.2) is 9.55 Å². The Morgan fingerprint density at radius 1 is 0.460 bits per heavy atom. The molecule has 0 radical (unpaired) electrons. The van der Waals surface area contributed by atoms with Crippen LogP contribution in [0.15, 0.2) is 158 Å². The van der Waals surface area contributed by atoms with Gasteiger partial charge >= 0.3 is 0 Å². The molecule has 8 aromatic carbocycles. The molecule has 50 heavy (non-hydrogen) atoms. The van der Waals surface area contributed by atoms with E-state index in [1.807, 2.05) is 11.3 Å². The quantitative estimate of drug-likeness (QED) is 0.177. The van der Waals surface area contributed by atoms with Gasteiger partial charge in [-0.15, -0.1) is 11.3 Å². The van der Waals surface area contributed by atoms with Gasteiger partial charge in [0.05, 0.1) is 28.1 Å². The number of aromatic nitrogens is 2. The zero-order chi connectivity index (χ0) is 32.9. The van der Waals surface area contributed by atoms with Gasteiger partial charge in [0.1, 0.15) is 5.82 Å². The van der Waals surface area contributed by atoms with Gasteiger partial charge in [0.25, 0.3) is 0 Å². The SMILES string of the molecule is Cc1nc2cccc3c2n1-c1ccc(-c2c4ccccc4c(-c4ccc5c(c4)sc4ccccc45)c4ccccc24)cc1N3c1ccccc1. The Bertz CT molecular complexity index is 2950. The summed E-state index contributed by atoms with van der Waals surface area (Å²) in [6.45, 7) is 2.11. The molecule has 1 aliphatic rings. The van der Waals surface area contributed by atoms with Crippen LogP contribution in [0.3, 0.4) is 0 Å². The van der Waals surface area contributed by atoms with Crippen LogP contribution in [0.4, 0.5) is 17.1 Å². The van der Waals surface area contributed by atoms with Crippen LogP contribution in [-0.2, 0) is 0 Å². The molecule has 0 aliphatic carbocycles. The first kappa shape index (κ1) is 27.7. The summed E-state index contributed by atoms with van der Waals surface area (Å²) in [7, 11) is 0. The van der Waals surface area contributed by atoms with E-state index in [1.165, 1.54) is 64.0 Å². The second-order valence-electron chi connectivity index (χ2n) is 13.2. The largest absolute Gasteiger partial charge is 0.306 e. The van der Waals surface area contributed by atoms with Crippen LogP contribution >= 0.6 is 11.3 Å². The third kappa shape index (κ3) is 3.82. The first-order chi connectivity index (χ1) is 24.7. The number of thiophene rings is 1. The lowest BCUT2D eigenvalue weighted by atomic mass is 9.85. The van der Waals surface area contributed by atoms with Crippen LogP contribution in [0.2, 0.25) is 0 Å². The summed E-state index contributed by atoms with van der Waals surface area (Å²) in [5.41, 5.74) is 11.7. The first-order valence-corrected chi connectivity index (χ1v) is 17.9. The summed E-state index contributed by atoms with van der Waals surface area (Å²) in [6.07, 6.45) is 0. The second-order valence-corrected chi connectivity index (χ2v) is 14.2. The second kappa shape index (κ2) is 10.4. The number of hydrogen-bond donors (Lipinski definition) is 0. The molecule has 1 aliphatic heterocycles. The van der Waals surface area contributed by atoms with E-state index in [9.17, 15) is 0 Å². The molecule has 10 aromatic rings. The lowest BCUT2D eigenvalue weighted by Crippen LogP contribution is -2.18. The van der Waals surface area contributed by atoms with E-state index in [-0.39, 0.29) is 0 Å². The molecular formula is C46H29N3S. The Balaban J connectivity index is 1.19. The molecule has 0 amide bonds. The van der Waals surface area contributed by atoms with Crippen molar-refractivity contribution < 1.29 is 0 Å². The van der Waals surface area contributed by atoms with Crippen molar-refractivity contribution in [3.8, 4) is 27.9 Å². The van der Waals surface area contributed by atoms with Crippen molar-refractivity contribution in [3.05, 3.63) is 164 Å². The standard InChI is InChI=1S/C46H29N3S/c1-28-47-38-19-11-20-40-46(38)48(28)39-25-23-29(26-41(39)49(40)31-12-3-2-4-13-31)44-34-15-5-7-17-36(34)45(37-18-8-6-16-35(37)44)30-22-24-33-32-14-9-10-21-42(32)50-43(33)27-30/h2-27H,1H3. The number of anilines is 3. The van der Waals surface area contributed by atoms with Gasteiger partial charge in [-0.05, 0) is 99.3 Å². The van der Waals surface area contributed by atoms with E-state index in [0.717, 1.165) is 39.6 Å². The maximum absolute atomic E-state index is 4.98. The van der Waals surface area contributed by atoms with Crippen molar-refractivity contribution in [1.82, 2.24) is 9.55 Å². The molecule has 0 saturated carbocycles. The zero-order valence-corrected chi connectivity index (χ0v) is 28.1. The Labute approximate surface area is 292 Å². The number of hydrogen-bond acceptors (Lipinski definition) is 3. The lowest BCUT2D eigenvalue weighted by molar-refractivity contribution is 0.982. The molecule has 0 saturated heterocycles. The molecule has 11 rings (SSSR count). The van der Waals surface area contributed by atoms with E-state index >= 15 is 0 Å². The van der Waals surface area contributed by atoms with Gasteiger partial charge in [-0.2, -0.15) is 0 Å². The van der Waals surface area contributed by atoms with E-state index in [1.54, 1.807) is 0 Å². The first-order valence-electron chi connectivity index (χ1n) is 17.1. The molecule has 0 atom stereocenters. The summed E-state index contributed by atoms with van der Waals surface area (Å²) in [4.78, 5) is 7.38. The number of fused-ring (bicyclic) bond motifs is 7. The average molecular weight is 656 g/mol. The fourth-order valence-electron chi connectivity index (χ4n) is 8.36. The van der Waals surface area contributed by atoms with E-state index in [0.29, 0.717) is 0 Å². The zero-order valence-electron chi connectivity index (χ0n) is 27.3. The van der Waals surface area contributed by atoms with Gasteiger partial charge in [0.15, 0.2) is 0 Å².